The smallest absolute Gasteiger partial charge is 0.169 e. The van der Waals surface area contributed by atoms with Crippen LogP contribution in [-0.2, 0) is 11.3 Å². The third-order valence-electron chi connectivity index (χ3n) is 3.65. The van der Waals surface area contributed by atoms with Gasteiger partial charge in [0.05, 0.1) is 24.0 Å². The molecular formula is C17H22N4O2. The maximum atomic E-state index is 12.3. The van der Waals surface area contributed by atoms with Crippen LogP contribution in [0.25, 0.3) is 5.57 Å². The van der Waals surface area contributed by atoms with Crippen molar-refractivity contribution >= 4 is 11.4 Å². The first-order valence-corrected chi connectivity index (χ1v) is 7.68. The molecule has 2 heterocycles. The van der Waals surface area contributed by atoms with Gasteiger partial charge in [-0.2, -0.15) is 5.10 Å². The van der Waals surface area contributed by atoms with Crippen LogP contribution in [0.4, 0.5) is 0 Å². The minimum Gasteiger partial charge on any atom is -0.490 e. The largest absolute Gasteiger partial charge is 0.490 e. The van der Waals surface area contributed by atoms with Gasteiger partial charge in [0, 0.05) is 24.5 Å². The summed E-state index contributed by atoms with van der Waals surface area (Å²) in [5.41, 5.74) is 6.62. The van der Waals surface area contributed by atoms with Crippen LogP contribution in [0.1, 0.15) is 26.0 Å². The number of Topliss-reactive ketones (excluding diaryl/α,β-unsaturated/α-hetero) is 1. The minimum absolute atomic E-state index is 0.00912. The summed E-state index contributed by atoms with van der Waals surface area (Å²) in [4.78, 5) is 16.6. The van der Waals surface area contributed by atoms with E-state index in [1.807, 2.05) is 26.1 Å². The third kappa shape index (κ3) is 4.42. The number of ether oxygens (including phenoxy) is 1. The molecule has 0 fully saturated rings. The molecule has 0 aromatic carbocycles. The molecule has 0 aliphatic carbocycles. The Morgan fingerprint density at radius 3 is 2.87 bits per heavy atom. The van der Waals surface area contributed by atoms with E-state index in [4.69, 9.17) is 10.5 Å². The molecule has 6 heteroatoms. The van der Waals surface area contributed by atoms with Crippen molar-refractivity contribution in [3.05, 3.63) is 48.7 Å². The number of aromatic nitrogens is 3. The summed E-state index contributed by atoms with van der Waals surface area (Å²) in [6.45, 7) is 5.02. The lowest BCUT2D eigenvalue weighted by Crippen LogP contribution is -2.14. The zero-order valence-corrected chi connectivity index (χ0v) is 13.5. The van der Waals surface area contributed by atoms with Crippen LogP contribution in [-0.4, -0.2) is 27.2 Å². The Morgan fingerprint density at radius 1 is 1.48 bits per heavy atom. The van der Waals surface area contributed by atoms with Gasteiger partial charge in [-0.1, -0.05) is 13.8 Å². The molecule has 1 unspecified atom stereocenters. The molecule has 6 nitrogen and oxygen atoms in total. The highest BCUT2D eigenvalue weighted by molar-refractivity contribution is 6.20. The molecule has 0 radical (unpaired) electrons. The van der Waals surface area contributed by atoms with Crippen LogP contribution in [0.15, 0.2) is 43.0 Å². The molecule has 2 rings (SSSR count). The summed E-state index contributed by atoms with van der Waals surface area (Å²) in [6, 6.07) is 5.41. The summed E-state index contributed by atoms with van der Waals surface area (Å²) >= 11 is 0. The van der Waals surface area contributed by atoms with Gasteiger partial charge in [0.1, 0.15) is 12.4 Å². The second kappa shape index (κ2) is 8.12. The van der Waals surface area contributed by atoms with E-state index in [-0.39, 0.29) is 11.7 Å². The number of pyridine rings is 1. The topological polar surface area (TPSA) is 83.0 Å². The lowest BCUT2D eigenvalue weighted by atomic mass is 9.95. The molecule has 2 N–H and O–H groups in total. The first-order valence-electron chi connectivity index (χ1n) is 7.68. The van der Waals surface area contributed by atoms with Crippen molar-refractivity contribution in [3.63, 3.8) is 0 Å². The number of carbonyl (C=O) groups excluding carboxylic acids is 1. The quantitative estimate of drug-likeness (QED) is 0.756. The summed E-state index contributed by atoms with van der Waals surface area (Å²) in [5.74, 6) is 0.583. The average Bonchev–Trinajstić information content (AvgIpc) is 3.09. The van der Waals surface area contributed by atoms with Gasteiger partial charge in [-0.3, -0.25) is 14.5 Å². The normalized spacial score (nSPS) is 12.9. The van der Waals surface area contributed by atoms with Crippen LogP contribution in [0, 0.1) is 5.92 Å². The van der Waals surface area contributed by atoms with Crippen molar-refractivity contribution in [2.75, 3.05) is 6.61 Å². The number of hydrogen-bond donors (Lipinski definition) is 1. The average molecular weight is 314 g/mol. The van der Waals surface area contributed by atoms with Crippen molar-refractivity contribution < 1.29 is 9.53 Å². The second-order valence-electron chi connectivity index (χ2n) is 5.25. The number of rotatable bonds is 8. The summed E-state index contributed by atoms with van der Waals surface area (Å²) in [5, 5.41) is 4.10. The Morgan fingerprint density at radius 2 is 2.30 bits per heavy atom. The molecule has 0 aliphatic heterocycles. The minimum atomic E-state index is -0.0726. The van der Waals surface area contributed by atoms with Gasteiger partial charge in [0.2, 0.25) is 0 Å². The van der Waals surface area contributed by atoms with E-state index in [9.17, 15) is 4.79 Å². The van der Waals surface area contributed by atoms with E-state index in [0.717, 1.165) is 6.42 Å². The highest BCUT2D eigenvalue weighted by atomic mass is 16.5. The molecule has 1 atom stereocenters. The Bertz CT molecular complexity index is 648. The van der Waals surface area contributed by atoms with Crippen LogP contribution in [0.2, 0.25) is 0 Å². The zero-order valence-electron chi connectivity index (χ0n) is 13.5. The highest BCUT2D eigenvalue weighted by Crippen LogP contribution is 2.20. The number of nitrogens with two attached hydrogens (primary N) is 1. The predicted octanol–water partition coefficient (Wildman–Crippen LogP) is 2.27. The molecule has 0 bridgehead atoms. The predicted molar refractivity (Wildman–Crippen MR) is 88.6 cm³/mol. The summed E-state index contributed by atoms with van der Waals surface area (Å²) in [6.07, 6.45) is 7.31. The molecule has 2 aromatic rings. The molecule has 0 amide bonds. The van der Waals surface area contributed by atoms with Gasteiger partial charge in [0.15, 0.2) is 5.78 Å². The number of ketones is 1. The van der Waals surface area contributed by atoms with E-state index in [2.05, 4.69) is 10.1 Å². The van der Waals surface area contributed by atoms with Crippen molar-refractivity contribution in [2.45, 2.75) is 26.8 Å². The fraction of sp³-hybridized carbons (Fsp3) is 0.353. The van der Waals surface area contributed by atoms with E-state index < -0.39 is 0 Å². The van der Waals surface area contributed by atoms with Gasteiger partial charge in [0.25, 0.3) is 0 Å². The lowest BCUT2D eigenvalue weighted by molar-refractivity contribution is -0.116. The van der Waals surface area contributed by atoms with E-state index in [1.54, 1.807) is 29.2 Å². The molecule has 2 aromatic heterocycles. The Hall–Kier alpha value is -2.63. The third-order valence-corrected chi connectivity index (χ3v) is 3.65. The molecular weight excluding hydrogens is 292 g/mol. The number of hydrogen-bond acceptors (Lipinski definition) is 5. The van der Waals surface area contributed by atoms with Gasteiger partial charge in [-0.15, -0.1) is 0 Å². The van der Waals surface area contributed by atoms with E-state index in [0.29, 0.717) is 30.2 Å². The van der Waals surface area contributed by atoms with E-state index >= 15 is 0 Å². The number of allylic oxidation sites excluding steroid dienone is 1. The molecule has 0 spiro atoms. The summed E-state index contributed by atoms with van der Waals surface area (Å²) in [7, 11) is 0. The molecule has 23 heavy (non-hydrogen) atoms. The number of nitrogens with zero attached hydrogens (tertiary/aromatic N) is 3. The van der Waals surface area contributed by atoms with Crippen molar-refractivity contribution in [1.82, 2.24) is 14.8 Å². The fourth-order valence-corrected chi connectivity index (χ4v) is 2.06. The highest BCUT2D eigenvalue weighted by Gasteiger charge is 2.18. The molecule has 0 saturated heterocycles. The maximum Gasteiger partial charge on any atom is 0.169 e. The second-order valence-corrected chi connectivity index (χ2v) is 5.25. The summed E-state index contributed by atoms with van der Waals surface area (Å²) < 4.78 is 7.41. The van der Waals surface area contributed by atoms with Crippen LogP contribution in [0.3, 0.4) is 0 Å². The Labute approximate surface area is 136 Å². The van der Waals surface area contributed by atoms with Crippen molar-refractivity contribution in [2.24, 2.45) is 11.7 Å². The van der Waals surface area contributed by atoms with Crippen LogP contribution >= 0.6 is 0 Å². The standard InChI is InChI=1S/C17H22N4O2/c1-3-13(2)17(22)15(11-18)16-6-5-14(12-19-16)23-10-9-21-8-4-7-20-21/h4-8,11-13H,3,9-10,18H2,1-2H3. The molecule has 122 valence electrons. The zero-order chi connectivity index (χ0) is 16.7. The SMILES string of the molecule is CCC(C)C(=O)C(=CN)c1ccc(OCCn2cccn2)cn1. The van der Waals surface area contributed by atoms with Crippen molar-refractivity contribution in [3.8, 4) is 5.75 Å². The van der Waals surface area contributed by atoms with Crippen LogP contribution < -0.4 is 10.5 Å². The molecule has 0 saturated carbocycles. The maximum absolute atomic E-state index is 12.3. The van der Waals surface area contributed by atoms with Crippen molar-refractivity contribution in [1.29, 1.82) is 0 Å². The van der Waals surface area contributed by atoms with Gasteiger partial charge in [-0.05, 0) is 24.6 Å². The fourth-order valence-electron chi connectivity index (χ4n) is 2.06. The van der Waals surface area contributed by atoms with Gasteiger partial charge >= 0.3 is 0 Å². The van der Waals surface area contributed by atoms with Crippen LogP contribution in [0.5, 0.6) is 5.75 Å². The Balaban J connectivity index is 1.96. The van der Waals surface area contributed by atoms with E-state index in [1.165, 1.54) is 6.20 Å². The lowest BCUT2D eigenvalue weighted by Gasteiger charge is -2.11. The monoisotopic (exact) mass is 314 g/mol. The van der Waals surface area contributed by atoms with Gasteiger partial charge in [-0.25, -0.2) is 0 Å². The van der Waals surface area contributed by atoms with Gasteiger partial charge < -0.3 is 10.5 Å². The molecule has 0 aliphatic rings. The number of carbonyl (C=O) groups is 1. The first kappa shape index (κ1) is 16.7. The first-order chi connectivity index (χ1) is 11.2. The Kier molecular flexibility index (Phi) is 5.91.